The van der Waals surface area contributed by atoms with Crippen LogP contribution < -0.4 is 0 Å². The van der Waals surface area contributed by atoms with Gasteiger partial charge in [0.05, 0.1) is 7.11 Å². The summed E-state index contributed by atoms with van der Waals surface area (Å²) in [6.45, 7) is 4.78. The van der Waals surface area contributed by atoms with E-state index in [9.17, 15) is 28.8 Å². The van der Waals surface area contributed by atoms with Crippen molar-refractivity contribution in [3.63, 3.8) is 0 Å². The van der Waals surface area contributed by atoms with Gasteiger partial charge in [-0.25, -0.2) is 4.79 Å². The summed E-state index contributed by atoms with van der Waals surface area (Å²) in [5, 5.41) is 0. The minimum atomic E-state index is -2.86. The van der Waals surface area contributed by atoms with Crippen LogP contribution in [0, 0.1) is 0 Å². The van der Waals surface area contributed by atoms with E-state index in [0.29, 0.717) is 0 Å². The average molecular weight is 434 g/mol. The summed E-state index contributed by atoms with van der Waals surface area (Å²) in [5.74, 6) is -9.17. The van der Waals surface area contributed by atoms with Gasteiger partial charge in [0.15, 0.2) is 6.10 Å². The molecule has 30 heavy (non-hydrogen) atoms. The van der Waals surface area contributed by atoms with Crippen LogP contribution in [0.1, 0.15) is 34.6 Å². The highest BCUT2D eigenvalue weighted by molar-refractivity contribution is 5.83. The zero-order valence-corrected chi connectivity index (χ0v) is 17.1. The molecule has 1 aliphatic heterocycles. The first kappa shape index (κ1) is 24.8. The van der Waals surface area contributed by atoms with E-state index in [1.807, 2.05) is 0 Å². The lowest BCUT2D eigenvalue weighted by Crippen LogP contribution is -2.71. The molecule has 5 atom stereocenters. The maximum absolute atomic E-state index is 12.6. The van der Waals surface area contributed by atoms with Crippen LogP contribution in [0.2, 0.25) is 0 Å². The molecule has 0 aromatic heterocycles. The number of carbonyl (C=O) groups excluding carboxylic acids is 6. The third kappa shape index (κ3) is 5.89. The second-order valence-electron chi connectivity index (χ2n) is 6.03. The van der Waals surface area contributed by atoms with Gasteiger partial charge in [-0.1, -0.05) is 0 Å². The standard InChI is InChI=1S/C17H22O13/c1-7(18)25-12-13(26-8(2)19)15(28-10(4)21)30-17(16(23)24-6,29-11(5)22)14(12)27-9(3)20/h12-15H,1-6H3/t12-,13-,14+,15-,17-/m1/s1. The molecule has 0 saturated carbocycles. The fourth-order valence-corrected chi connectivity index (χ4v) is 2.71. The first-order valence-corrected chi connectivity index (χ1v) is 8.48. The smallest absolute Gasteiger partial charge is 0.384 e. The maximum atomic E-state index is 12.6. The van der Waals surface area contributed by atoms with Crippen LogP contribution in [0.5, 0.6) is 0 Å². The molecule has 0 unspecified atom stereocenters. The molecule has 1 aliphatic rings. The molecule has 13 nitrogen and oxygen atoms in total. The van der Waals surface area contributed by atoms with Gasteiger partial charge in [0.1, 0.15) is 0 Å². The van der Waals surface area contributed by atoms with Crippen molar-refractivity contribution >= 4 is 35.8 Å². The Hall–Kier alpha value is -3.22. The fourth-order valence-electron chi connectivity index (χ4n) is 2.71. The molecule has 1 fully saturated rings. The van der Waals surface area contributed by atoms with Crippen LogP contribution in [-0.4, -0.2) is 73.3 Å². The number of carbonyl (C=O) groups is 6. The molecule has 0 amide bonds. The zero-order chi connectivity index (χ0) is 23.2. The second-order valence-corrected chi connectivity index (χ2v) is 6.03. The van der Waals surface area contributed by atoms with Crippen molar-refractivity contribution in [2.45, 2.75) is 65.0 Å². The maximum Gasteiger partial charge on any atom is 0.384 e. The van der Waals surface area contributed by atoms with Crippen molar-refractivity contribution in [1.29, 1.82) is 0 Å². The number of rotatable bonds is 6. The quantitative estimate of drug-likeness (QED) is 0.374. The molecular weight excluding hydrogens is 412 g/mol. The van der Waals surface area contributed by atoms with Crippen molar-refractivity contribution < 1.29 is 61.9 Å². The van der Waals surface area contributed by atoms with Crippen molar-refractivity contribution in [1.82, 2.24) is 0 Å². The molecule has 0 aromatic carbocycles. The SMILES string of the molecule is COC(=O)[C@]1(OC(C)=O)O[C@@H](OC(C)=O)[C@H](OC(C)=O)[C@@H](OC(C)=O)[C@@H]1OC(C)=O. The number of methoxy groups -OCH3 is 1. The van der Waals surface area contributed by atoms with E-state index in [1.165, 1.54) is 0 Å². The number of ether oxygens (including phenoxy) is 7. The molecule has 0 aliphatic carbocycles. The van der Waals surface area contributed by atoms with Crippen LogP contribution in [0.4, 0.5) is 0 Å². The third-order valence-corrected chi connectivity index (χ3v) is 3.50. The summed E-state index contributed by atoms with van der Waals surface area (Å²) in [7, 11) is 0.904. The Morgan fingerprint density at radius 2 is 1.13 bits per heavy atom. The number of hydrogen-bond acceptors (Lipinski definition) is 13. The Bertz CT molecular complexity index is 729. The van der Waals surface area contributed by atoms with Gasteiger partial charge < -0.3 is 28.4 Å². The normalized spacial score (nSPS) is 27.8. The largest absolute Gasteiger partial charge is 0.464 e. The minimum Gasteiger partial charge on any atom is -0.464 e. The highest BCUT2D eigenvalue weighted by Gasteiger charge is 2.68. The molecule has 0 aromatic rings. The van der Waals surface area contributed by atoms with Crippen LogP contribution in [0.25, 0.3) is 0 Å². The summed E-state index contributed by atoms with van der Waals surface area (Å²) >= 11 is 0. The van der Waals surface area contributed by atoms with E-state index in [0.717, 1.165) is 41.7 Å². The highest BCUT2D eigenvalue weighted by atomic mass is 16.8. The number of esters is 6. The monoisotopic (exact) mass is 434 g/mol. The van der Waals surface area contributed by atoms with E-state index < -0.39 is 66.2 Å². The molecule has 1 rings (SSSR count). The van der Waals surface area contributed by atoms with Gasteiger partial charge in [-0.3, -0.25) is 28.7 Å². The molecule has 0 N–H and O–H groups in total. The highest BCUT2D eigenvalue weighted by Crippen LogP contribution is 2.38. The summed E-state index contributed by atoms with van der Waals surface area (Å²) in [5.41, 5.74) is 0. The van der Waals surface area contributed by atoms with Gasteiger partial charge in [0.2, 0.25) is 18.5 Å². The van der Waals surface area contributed by atoms with Gasteiger partial charge in [-0.15, -0.1) is 0 Å². The molecule has 0 spiro atoms. The minimum absolute atomic E-state index is 0.901. The zero-order valence-electron chi connectivity index (χ0n) is 17.1. The first-order chi connectivity index (χ1) is 13.8. The van der Waals surface area contributed by atoms with Gasteiger partial charge in [0, 0.05) is 34.6 Å². The topological polar surface area (TPSA) is 167 Å². The summed E-state index contributed by atoms with van der Waals surface area (Å²) in [4.78, 5) is 70.9. The van der Waals surface area contributed by atoms with Gasteiger partial charge >= 0.3 is 41.6 Å². The molecule has 1 saturated heterocycles. The molecule has 1 heterocycles. The molecule has 168 valence electrons. The number of hydrogen-bond donors (Lipinski definition) is 0. The van der Waals surface area contributed by atoms with Gasteiger partial charge in [0.25, 0.3) is 0 Å². The van der Waals surface area contributed by atoms with Crippen LogP contribution in [-0.2, 0) is 61.9 Å². The molecular formula is C17H22O13. The van der Waals surface area contributed by atoms with Crippen LogP contribution in [0.15, 0.2) is 0 Å². The molecule has 0 radical (unpaired) electrons. The van der Waals surface area contributed by atoms with Gasteiger partial charge in [-0.2, -0.15) is 0 Å². The van der Waals surface area contributed by atoms with E-state index in [1.54, 1.807) is 0 Å². The van der Waals surface area contributed by atoms with Crippen molar-refractivity contribution in [2.75, 3.05) is 7.11 Å². The Morgan fingerprint density at radius 1 is 0.667 bits per heavy atom. The summed E-state index contributed by atoms with van der Waals surface area (Å²) in [6, 6.07) is 0. The Kier molecular flexibility index (Phi) is 8.28. The lowest BCUT2D eigenvalue weighted by molar-refractivity contribution is -0.374. The fraction of sp³-hybridized carbons (Fsp3) is 0.647. The Morgan fingerprint density at radius 3 is 1.53 bits per heavy atom. The predicted molar refractivity (Wildman–Crippen MR) is 89.8 cm³/mol. The Balaban J connectivity index is 3.75. The van der Waals surface area contributed by atoms with Gasteiger partial charge in [-0.05, 0) is 0 Å². The predicted octanol–water partition coefficient (Wildman–Crippen LogP) is -0.867. The third-order valence-electron chi connectivity index (χ3n) is 3.50. The van der Waals surface area contributed by atoms with E-state index in [4.69, 9.17) is 28.4 Å². The summed E-state index contributed by atoms with van der Waals surface area (Å²) < 4.78 is 35.1. The Labute approximate surface area is 170 Å². The molecule has 13 heteroatoms. The van der Waals surface area contributed by atoms with Crippen molar-refractivity contribution in [3.8, 4) is 0 Å². The summed E-state index contributed by atoms with van der Waals surface area (Å²) in [6.07, 6.45) is -7.41. The lowest BCUT2D eigenvalue weighted by atomic mass is 9.94. The van der Waals surface area contributed by atoms with E-state index in [-0.39, 0.29) is 0 Å². The first-order valence-electron chi connectivity index (χ1n) is 8.48. The lowest BCUT2D eigenvalue weighted by Gasteiger charge is -2.47. The van der Waals surface area contributed by atoms with Crippen LogP contribution >= 0.6 is 0 Å². The van der Waals surface area contributed by atoms with Crippen LogP contribution in [0.3, 0.4) is 0 Å². The van der Waals surface area contributed by atoms with E-state index >= 15 is 0 Å². The second kappa shape index (κ2) is 10.0. The average Bonchev–Trinajstić information content (AvgIpc) is 2.58. The van der Waals surface area contributed by atoms with Crippen molar-refractivity contribution in [2.24, 2.45) is 0 Å². The molecule has 0 bridgehead atoms. The van der Waals surface area contributed by atoms with Crippen molar-refractivity contribution in [3.05, 3.63) is 0 Å². The van der Waals surface area contributed by atoms with E-state index in [2.05, 4.69) is 4.74 Å².